The average Bonchev–Trinajstić information content (AvgIpc) is 2.54. The minimum absolute atomic E-state index is 0.00833. The van der Waals surface area contributed by atoms with Gasteiger partial charge in [0.05, 0.1) is 11.4 Å². The first-order chi connectivity index (χ1) is 11.4. The number of anilines is 1. The second-order valence-corrected chi connectivity index (χ2v) is 7.43. The molecule has 2 N–H and O–H groups in total. The molecular formula is C17H18N2O4S. The first kappa shape index (κ1) is 16.5. The summed E-state index contributed by atoms with van der Waals surface area (Å²) in [5, 5.41) is 2.72. The summed E-state index contributed by atoms with van der Waals surface area (Å²) >= 11 is 0. The molecule has 6 nitrogen and oxygen atoms in total. The molecule has 0 saturated heterocycles. The molecule has 1 aliphatic heterocycles. The Morgan fingerprint density at radius 2 is 1.96 bits per heavy atom. The van der Waals surface area contributed by atoms with E-state index in [2.05, 4.69) is 10.0 Å². The highest BCUT2D eigenvalue weighted by Crippen LogP contribution is 2.30. The third-order valence-corrected chi connectivity index (χ3v) is 5.12. The number of nitrogens with one attached hydrogen (secondary N) is 2. The van der Waals surface area contributed by atoms with Gasteiger partial charge in [0.2, 0.25) is 10.0 Å². The van der Waals surface area contributed by atoms with Crippen molar-refractivity contribution in [3.63, 3.8) is 0 Å². The molecule has 24 heavy (non-hydrogen) atoms. The number of carbonyl (C=O) groups is 1. The zero-order valence-corrected chi connectivity index (χ0v) is 14.0. The summed E-state index contributed by atoms with van der Waals surface area (Å²) < 4.78 is 32.6. The predicted molar refractivity (Wildman–Crippen MR) is 91.2 cm³/mol. The third kappa shape index (κ3) is 3.93. The summed E-state index contributed by atoms with van der Waals surface area (Å²) in [6.07, 6.45) is 0. The van der Waals surface area contributed by atoms with Crippen molar-refractivity contribution in [2.24, 2.45) is 0 Å². The van der Waals surface area contributed by atoms with Gasteiger partial charge in [-0.05, 0) is 30.2 Å². The maximum absolute atomic E-state index is 12.3. The van der Waals surface area contributed by atoms with Gasteiger partial charge in [0.15, 0.2) is 6.61 Å². The first-order valence-corrected chi connectivity index (χ1v) is 9.19. The lowest BCUT2D eigenvalue weighted by molar-refractivity contribution is -0.118. The Balaban J connectivity index is 1.73. The monoisotopic (exact) mass is 346 g/mol. The van der Waals surface area contributed by atoms with Crippen LogP contribution in [0.25, 0.3) is 0 Å². The molecule has 7 heteroatoms. The van der Waals surface area contributed by atoms with Crippen LogP contribution in [0.3, 0.4) is 0 Å². The van der Waals surface area contributed by atoms with E-state index in [4.69, 9.17) is 4.74 Å². The van der Waals surface area contributed by atoms with Gasteiger partial charge in [-0.15, -0.1) is 0 Å². The molecule has 0 fully saturated rings. The molecule has 126 valence electrons. The molecule has 1 heterocycles. The van der Waals surface area contributed by atoms with Gasteiger partial charge < -0.3 is 10.1 Å². The standard InChI is InChI=1S/C17H18N2O4S/c1-12(19-24(21,22)11-13-5-3-2-4-6-13)14-7-8-16-15(9-14)18-17(20)10-23-16/h2-9,12,19H,10-11H2,1H3,(H,18,20)/t12-/m1/s1. The summed E-state index contributed by atoms with van der Waals surface area (Å²) in [6.45, 7) is 1.75. The molecule has 3 rings (SSSR count). The van der Waals surface area contributed by atoms with Crippen LogP contribution in [0.4, 0.5) is 5.69 Å². The van der Waals surface area contributed by atoms with Crippen molar-refractivity contribution >= 4 is 21.6 Å². The lowest BCUT2D eigenvalue weighted by atomic mass is 10.1. The van der Waals surface area contributed by atoms with E-state index in [0.29, 0.717) is 11.4 Å². The Morgan fingerprint density at radius 1 is 1.21 bits per heavy atom. The molecule has 0 unspecified atom stereocenters. The molecule has 0 spiro atoms. The molecular weight excluding hydrogens is 328 g/mol. The Hall–Kier alpha value is -2.38. The first-order valence-electron chi connectivity index (χ1n) is 7.53. The highest BCUT2D eigenvalue weighted by atomic mass is 32.2. The van der Waals surface area contributed by atoms with Gasteiger partial charge in [0.1, 0.15) is 5.75 Å². The van der Waals surface area contributed by atoms with E-state index in [1.165, 1.54) is 0 Å². The highest BCUT2D eigenvalue weighted by Gasteiger charge is 2.20. The van der Waals surface area contributed by atoms with Crippen LogP contribution in [0, 0.1) is 0 Å². The van der Waals surface area contributed by atoms with Crippen molar-refractivity contribution in [3.05, 3.63) is 59.7 Å². The van der Waals surface area contributed by atoms with Gasteiger partial charge in [0.25, 0.3) is 5.91 Å². The summed E-state index contributed by atoms with van der Waals surface area (Å²) in [7, 11) is -3.48. The average molecular weight is 346 g/mol. The molecule has 2 aromatic rings. The fraction of sp³-hybridized carbons (Fsp3) is 0.235. The SMILES string of the molecule is C[C@@H](NS(=O)(=O)Cc1ccccc1)c1ccc2c(c1)NC(=O)CO2. The van der Waals surface area contributed by atoms with Crippen LogP contribution in [0.15, 0.2) is 48.5 Å². The topological polar surface area (TPSA) is 84.5 Å². The van der Waals surface area contributed by atoms with E-state index in [0.717, 1.165) is 11.1 Å². The smallest absolute Gasteiger partial charge is 0.262 e. The van der Waals surface area contributed by atoms with Crippen molar-refractivity contribution < 1.29 is 17.9 Å². The normalized spacial score (nSPS) is 15.1. The molecule has 0 saturated carbocycles. The second kappa shape index (κ2) is 6.62. The summed E-state index contributed by atoms with van der Waals surface area (Å²) in [5.41, 5.74) is 2.03. The Bertz CT molecular complexity index is 850. The number of fused-ring (bicyclic) bond motifs is 1. The summed E-state index contributed by atoms with van der Waals surface area (Å²) in [4.78, 5) is 11.4. The van der Waals surface area contributed by atoms with Crippen LogP contribution in [-0.2, 0) is 20.6 Å². The van der Waals surface area contributed by atoms with Crippen LogP contribution in [0.2, 0.25) is 0 Å². The van der Waals surface area contributed by atoms with Gasteiger partial charge >= 0.3 is 0 Å². The maximum Gasteiger partial charge on any atom is 0.262 e. The van der Waals surface area contributed by atoms with Gasteiger partial charge in [-0.3, -0.25) is 4.79 Å². The zero-order valence-electron chi connectivity index (χ0n) is 13.2. The van der Waals surface area contributed by atoms with Gasteiger partial charge in [-0.1, -0.05) is 36.4 Å². The van der Waals surface area contributed by atoms with Crippen molar-refractivity contribution in [2.45, 2.75) is 18.7 Å². The highest BCUT2D eigenvalue weighted by molar-refractivity contribution is 7.88. The van der Waals surface area contributed by atoms with E-state index in [-0.39, 0.29) is 18.3 Å². The van der Waals surface area contributed by atoms with Crippen molar-refractivity contribution in [2.75, 3.05) is 11.9 Å². The van der Waals surface area contributed by atoms with Crippen LogP contribution in [-0.4, -0.2) is 20.9 Å². The number of hydrogen-bond acceptors (Lipinski definition) is 4. The number of sulfonamides is 1. The van der Waals surface area contributed by atoms with Crippen LogP contribution < -0.4 is 14.8 Å². The van der Waals surface area contributed by atoms with Crippen molar-refractivity contribution in [3.8, 4) is 5.75 Å². The second-order valence-electron chi connectivity index (χ2n) is 5.68. The van der Waals surface area contributed by atoms with Crippen molar-refractivity contribution in [1.82, 2.24) is 4.72 Å². The quantitative estimate of drug-likeness (QED) is 0.869. The molecule has 0 radical (unpaired) electrons. The van der Waals surface area contributed by atoms with E-state index in [9.17, 15) is 13.2 Å². The largest absolute Gasteiger partial charge is 0.482 e. The van der Waals surface area contributed by atoms with Crippen LogP contribution in [0.5, 0.6) is 5.75 Å². The van der Waals surface area contributed by atoms with E-state index in [1.807, 2.05) is 6.07 Å². The van der Waals surface area contributed by atoms with Gasteiger partial charge in [0, 0.05) is 6.04 Å². The molecule has 2 aromatic carbocycles. The van der Waals surface area contributed by atoms with E-state index >= 15 is 0 Å². The van der Waals surface area contributed by atoms with Crippen molar-refractivity contribution in [1.29, 1.82) is 0 Å². The number of carbonyl (C=O) groups excluding carboxylic acids is 1. The lowest BCUT2D eigenvalue weighted by Crippen LogP contribution is -2.29. The number of hydrogen-bond donors (Lipinski definition) is 2. The third-order valence-electron chi connectivity index (χ3n) is 3.69. The maximum atomic E-state index is 12.3. The number of amides is 1. The lowest BCUT2D eigenvalue weighted by Gasteiger charge is -2.21. The van der Waals surface area contributed by atoms with E-state index < -0.39 is 16.1 Å². The fourth-order valence-electron chi connectivity index (χ4n) is 2.54. The minimum Gasteiger partial charge on any atom is -0.482 e. The minimum atomic E-state index is -3.48. The van der Waals surface area contributed by atoms with Crippen LogP contribution >= 0.6 is 0 Å². The zero-order chi connectivity index (χ0) is 17.2. The van der Waals surface area contributed by atoms with Gasteiger partial charge in [-0.25, -0.2) is 13.1 Å². The number of benzene rings is 2. The summed E-state index contributed by atoms with van der Waals surface area (Å²) in [5.74, 6) is 0.276. The van der Waals surface area contributed by atoms with Crippen LogP contribution in [0.1, 0.15) is 24.1 Å². The number of ether oxygens (including phenoxy) is 1. The molecule has 0 aromatic heterocycles. The fourth-order valence-corrected chi connectivity index (χ4v) is 3.93. The van der Waals surface area contributed by atoms with Gasteiger partial charge in [-0.2, -0.15) is 0 Å². The molecule has 1 aliphatic rings. The Labute approximate surface area is 140 Å². The molecule has 1 atom stereocenters. The predicted octanol–water partition coefficient (Wildman–Crippen LogP) is 2.20. The Kier molecular flexibility index (Phi) is 4.55. The molecule has 0 bridgehead atoms. The number of rotatable bonds is 5. The Morgan fingerprint density at radius 3 is 2.71 bits per heavy atom. The van der Waals surface area contributed by atoms with E-state index in [1.54, 1.807) is 49.4 Å². The molecule has 0 aliphatic carbocycles. The molecule has 1 amide bonds. The summed E-state index contributed by atoms with van der Waals surface area (Å²) in [6, 6.07) is 13.8.